The highest BCUT2D eigenvalue weighted by Crippen LogP contribution is 2.28. The van der Waals surface area contributed by atoms with Crippen molar-refractivity contribution in [2.24, 2.45) is 0 Å². The van der Waals surface area contributed by atoms with E-state index in [1.807, 2.05) is 14.0 Å². The van der Waals surface area contributed by atoms with Gasteiger partial charge in [-0.25, -0.2) is 4.98 Å². The minimum absolute atomic E-state index is 0.273. The molecule has 70 valence electrons. The van der Waals surface area contributed by atoms with Gasteiger partial charge in [-0.05, 0) is 31.4 Å². The summed E-state index contributed by atoms with van der Waals surface area (Å²) in [5, 5.41) is 0.273. The van der Waals surface area contributed by atoms with Crippen LogP contribution < -0.4 is 4.90 Å². The largest absolute Gasteiger partial charge is 0.341 e. The summed E-state index contributed by atoms with van der Waals surface area (Å²) in [6.07, 6.45) is 2.44. The predicted octanol–water partition coefficient (Wildman–Crippen LogP) is 1.43. The normalized spacial score (nSPS) is 15.9. The zero-order valence-corrected chi connectivity index (χ0v) is 8.41. The summed E-state index contributed by atoms with van der Waals surface area (Å²) >= 11 is 5.73. The third kappa shape index (κ3) is 1.88. The van der Waals surface area contributed by atoms with Crippen LogP contribution in [0.4, 0.5) is 5.95 Å². The van der Waals surface area contributed by atoms with E-state index in [9.17, 15) is 0 Å². The number of nitrogens with zero attached hydrogens (tertiary/aromatic N) is 4. The monoisotopic (exact) mass is 198 g/mol. The van der Waals surface area contributed by atoms with Crippen LogP contribution in [0, 0.1) is 6.92 Å². The van der Waals surface area contributed by atoms with Gasteiger partial charge >= 0.3 is 0 Å². The average molecular weight is 199 g/mol. The van der Waals surface area contributed by atoms with E-state index in [0.717, 1.165) is 0 Å². The molecule has 0 spiro atoms. The predicted molar refractivity (Wildman–Crippen MR) is 51.0 cm³/mol. The first-order valence-corrected chi connectivity index (χ1v) is 4.65. The molecule has 0 aromatic carbocycles. The molecular formula is C8H11ClN4. The van der Waals surface area contributed by atoms with Gasteiger partial charge in [0.05, 0.1) is 0 Å². The molecule has 1 aromatic rings. The molecule has 0 radical (unpaired) electrons. The molecule has 0 bridgehead atoms. The maximum absolute atomic E-state index is 5.73. The number of halogens is 1. The Morgan fingerprint density at radius 1 is 1.31 bits per heavy atom. The molecule has 13 heavy (non-hydrogen) atoms. The van der Waals surface area contributed by atoms with Crippen LogP contribution in [-0.4, -0.2) is 28.0 Å². The summed E-state index contributed by atoms with van der Waals surface area (Å²) in [5.41, 5.74) is 0. The van der Waals surface area contributed by atoms with Gasteiger partial charge in [0.1, 0.15) is 5.82 Å². The van der Waals surface area contributed by atoms with Crippen LogP contribution in [0.3, 0.4) is 0 Å². The minimum atomic E-state index is 0.273. The number of anilines is 1. The number of hydrogen-bond donors (Lipinski definition) is 0. The molecule has 1 aliphatic rings. The van der Waals surface area contributed by atoms with Crippen LogP contribution in [0.2, 0.25) is 5.28 Å². The Morgan fingerprint density at radius 2 is 2.00 bits per heavy atom. The molecule has 5 heteroatoms. The van der Waals surface area contributed by atoms with Crippen LogP contribution in [0.1, 0.15) is 18.7 Å². The fourth-order valence-electron chi connectivity index (χ4n) is 1.22. The minimum Gasteiger partial charge on any atom is -0.341 e. The molecule has 1 heterocycles. The average Bonchev–Trinajstić information content (AvgIpc) is 2.83. The third-order valence-corrected chi connectivity index (χ3v) is 2.29. The Balaban J connectivity index is 2.27. The van der Waals surface area contributed by atoms with Crippen molar-refractivity contribution in [3.8, 4) is 0 Å². The van der Waals surface area contributed by atoms with Gasteiger partial charge in [-0.2, -0.15) is 9.97 Å². The Morgan fingerprint density at radius 3 is 2.54 bits per heavy atom. The molecule has 1 aliphatic carbocycles. The molecule has 0 atom stereocenters. The van der Waals surface area contributed by atoms with Crippen molar-refractivity contribution < 1.29 is 0 Å². The zero-order valence-electron chi connectivity index (χ0n) is 7.66. The lowest BCUT2D eigenvalue weighted by molar-refractivity contribution is 0.833. The number of rotatable bonds is 2. The second-order valence-corrected chi connectivity index (χ2v) is 3.63. The molecule has 1 aromatic heterocycles. The van der Waals surface area contributed by atoms with E-state index < -0.39 is 0 Å². The van der Waals surface area contributed by atoms with Crippen LogP contribution in [0.5, 0.6) is 0 Å². The topological polar surface area (TPSA) is 41.9 Å². The van der Waals surface area contributed by atoms with Crippen molar-refractivity contribution in [1.82, 2.24) is 15.0 Å². The van der Waals surface area contributed by atoms with E-state index >= 15 is 0 Å². The van der Waals surface area contributed by atoms with Crippen LogP contribution in [0.15, 0.2) is 0 Å². The summed E-state index contributed by atoms with van der Waals surface area (Å²) in [5.74, 6) is 1.35. The molecule has 0 aliphatic heterocycles. The first kappa shape index (κ1) is 8.69. The molecular weight excluding hydrogens is 188 g/mol. The van der Waals surface area contributed by atoms with Crippen LogP contribution in [0.25, 0.3) is 0 Å². The van der Waals surface area contributed by atoms with Crippen molar-refractivity contribution in [3.05, 3.63) is 11.1 Å². The van der Waals surface area contributed by atoms with E-state index in [1.54, 1.807) is 0 Å². The fraction of sp³-hybridized carbons (Fsp3) is 0.625. The van der Waals surface area contributed by atoms with Gasteiger partial charge < -0.3 is 4.90 Å². The maximum atomic E-state index is 5.73. The van der Waals surface area contributed by atoms with Crippen molar-refractivity contribution in [1.29, 1.82) is 0 Å². The second kappa shape index (κ2) is 3.10. The number of aryl methyl sites for hydroxylation is 1. The highest BCUT2D eigenvalue weighted by molar-refractivity contribution is 6.28. The Bertz CT molecular complexity index is 304. The third-order valence-electron chi connectivity index (χ3n) is 2.12. The summed E-state index contributed by atoms with van der Waals surface area (Å²) in [7, 11) is 1.99. The maximum Gasteiger partial charge on any atom is 0.229 e. The molecule has 1 fully saturated rings. The quantitative estimate of drug-likeness (QED) is 0.721. The zero-order chi connectivity index (χ0) is 9.42. The van der Waals surface area contributed by atoms with Gasteiger partial charge in [0.2, 0.25) is 11.2 Å². The number of aromatic nitrogens is 3. The van der Waals surface area contributed by atoms with Crippen molar-refractivity contribution in [2.75, 3.05) is 11.9 Å². The lowest BCUT2D eigenvalue weighted by Crippen LogP contribution is -2.22. The van der Waals surface area contributed by atoms with Gasteiger partial charge in [0.15, 0.2) is 0 Å². The lowest BCUT2D eigenvalue weighted by Gasteiger charge is -2.15. The van der Waals surface area contributed by atoms with Gasteiger partial charge in [-0.15, -0.1) is 0 Å². The van der Waals surface area contributed by atoms with E-state index in [1.165, 1.54) is 12.8 Å². The smallest absolute Gasteiger partial charge is 0.229 e. The van der Waals surface area contributed by atoms with E-state index in [-0.39, 0.29) is 5.28 Å². The number of hydrogen-bond acceptors (Lipinski definition) is 4. The Kier molecular flexibility index (Phi) is 2.07. The van der Waals surface area contributed by atoms with Gasteiger partial charge in [-0.1, -0.05) is 0 Å². The Hall–Kier alpha value is -0.900. The second-order valence-electron chi connectivity index (χ2n) is 3.29. The Labute approximate surface area is 82.0 Å². The van der Waals surface area contributed by atoms with Gasteiger partial charge in [0, 0.05) is 13.1 Å². The van der Waals surface area contributed by atoms with E-state index in [4.69, 9.17) is 11.6 Å². The summed E-state index contributed by atoms with van der Waals surface area (Å²) in [6.45, 7) is 1.82. The summed E-state index contributed by atoms with van der Waals surface area (Å²) < 4.78 is 0. The van der Waals surface area contributed by atoms with Crippen LogP contribution >= 0.6 is 11.6 Å². The molecule has 0 amide bonds. The van der Waals surface area contributed by atoms with Crippen molar-refractivity contribution in [3.63, 3.8) is 0 Å². The highest BCUT2D eigenvalue weighted by Gasteiger charge is 2.28. The molecule has 2 rings (SSSR count). The fourth-order valence-corrected chi connectivity index (χ4v) is 1.42. The first-order valence-electron chi connectivity index (χ1n) is 4.28. The molecule has 0 N–H and O–H groups in total. The molecule has 0 unspecified atom stereocenters. The van der Waals surface area contributed by atoms with Crippen LogP contribution in [-0.2, 0) is 0 Å². The highest BCUT2D eigenvalue weighted by atomic mass is 35.5. The SMILES string of the molecule is Cc1nc(Cl)nc(N(C)C2CC2)n1. The molecule has 0 saturated heterocycles. The summed E-state index contributed by atoms with van der Waals surface area (Å²) in [4.78, 5) is 14.2. The molecule has 4 nitrogen and oxygen atoms in total. The van der Waals surface area contributed by atoms with Crippen molar-refractivity contribution in [2.45, 2.75) is 25.8 Å². The van der Waals surface area contributed by atoms with E-state index in [2.05, 4.69) is 19.9 Å². The lowest BCUT2D eigenvalue weighted by atomic mass is 10.6. The van der Waals surface area contributed by atoms with Gasteiger partial charge in [-0.3, -0.25) is 0 Å². The van der Waals surface area contributed by atoms with E-state index in [0.29, 0.717) is 17.8 Å². The molecule has 1 saturated carbocycles. The van der Waals surface area contributed by atoms with Gasteiger partial charge in [0.25, 0.3) is 0 Å². The van der Waals surface area contributed by atoms with Crippen molar-refractivity contribution >= 4 is 17.5 Å². The first-order chi connectivity index (χ1) is 6.16. The standard InChI is InChI=1S/C8H11ClN4/c1-5-10-7(9)12-8(11-5)13(2)6-3-4-6/h6H,3-4H2,1-2H3. The summed E-state index contributed by atoms with van der Waals surface area (Å²) in [6, 6.07) is 0.595.